The summed E-state index contributed by atoms with van der Waals surface area (Å²) in [6.45, 7) is 5.48. The minimum absolute atomic E-state index is 0.121. The summed E-state index contributed by atoms with van der Waals surface area (Å²) in [6, 6.07) is 10.1. The monoisotopic (exact) mass is 408 g/mol. The van der Waals surface area contributed by atoms with Gasteiger partial charge in [0, 0.05) is 17.6 Å². The van der Waals surface area contributed by atoms with Crippen LogP contribution in [0.4, 0.5) is 8.78 Å². The van der Waals surface area contributed by atoms with Crippen LogP contribution < -0.4 is 10.9 Å². The molecule has 3 aromatic rings. The van der Waals surface area contributed by atoms with Gasteiger partial charge in [-0.25, -0.2) is 8.78 Å². The Kier molecular flexibility index (Phi) is 5.24. The van der Waals surface area contributed by atoms with E-state index >= 15 is 0 Å². The molecule has 1 atom stereocenters. The number of hydrogen-bond acceptors (Lipinski definition) is 2. The molecule has 0 aliphatic heterocycles. The van der Waals surface area contributed by atoms with Crippen molar-refractivity contribution in [1.29, 1.82) is 0 Å². The second kappa shape index (κ2) is 7.86. The Bertz CT molecular complexity index is 1210. The fourth-order valence-electron chi connectivity index (χ4n) is 4.02. The summed E-state index contributed by atoms with van der Waals surface area (Å²) in [5.41, 5.74) is 0.872. The van der Waals surface area contributed by atoms with Gasteiger partial charge in [-0.2, -0.15) is 0 Å². The Morgan fingerprint density at radius 1 is 1.27 bits per heavy atom. The van der Waals surface area contributed by atoms with E-state index in [1.54, 1.807) is 25.1 Å². The van der Waals surface area contributed by atoms with Crippen molar-refractivity contribution in [2.75, 3.05) is 0 Å². The fraction of sp³-hybridized carbons (Fsp3) is 0.250. The number of benzene rings is 2. The maximum atomic E-state index is 14.5. The average molecular weight is 408 g/mol. The summed E-state index contributed by atoms with van der Waals surface area (Å²) in [5.74, 6) is -1.23. The van der Waals surface area contributed by atoms with E-state index in [-0.39, 0.29) is 40.7 Å². The van der Waals surface area contributed by atoms with Gasteiger partial charge in [-0.15, -0.1) is 6.58 Å². The molecule has 30 heavy (non-hydrogen) atoms. The fourth-order valence-corrected chi connectivity index (χ4v) is 4.02. The first-order chi connectivity index (χ1) is 14.4. The van der Waals surface area contributed by atoms with Gasteiger partial charge in [0.05, 0.1) is 17.0 Å². The smallest absolute Gasteiger partial charge is 0.261 e. The summed E-state index contributed by atoms with van der Waals surface area (Å²) >= 11 is 0. The van der Waals surface area contributed by atoms with Gasteiger partial charge in [0.1, 0.15) is 11.6 Å². The number of allylic oxidation sites excluding steroid dienone is 1. The lowest BCUT2D eigenvalue weighted by molar-refractivity contribution is 0.0931. The molecular formula is C24H22F2N2O2. The number of nitrogens with zero attached hydrogens (tertiary/aromatic N) is 1. The zero-order valence-electron chi connectivity index (χ0n) is 16.6. The number of pyridine rings is 1. The van der Waals surface area contributed by atoms with Gasteiger partial charge in [0.2, 0.25) is 0 Å². The number of hydrogen-bond donors (Lipinski definition) is 1. The predicted octanol–water partition coefficient (Wildman–Crippen LogP) is 4.66. The highest BCUT2D eigenvalue weighted by molar-refractivity contribution is 6.08. The van der Waals surface area contributed by atoms with E-state index in [1.807, 2.05) is 0 Å². The lowest BCUT2D eigenvalue weighted by Crippen LogP contribution is -2.33. The molecule has 1 N–H and O–H groups in total. The SMILES string of the molecule is C=CCn1c(C)c(C(=O)N[C@H](c2cccc(F)c2)C2CC2)c2cccc(F)c2c1=O. The van der Waals surface area contributed by atoms with Gasteiger partial charge in [-0.3, -0.25) is 9.59 Å². The first kappa shape index (κ1) is 20.0. The summed E-state index contributed by atoms with van der Waals surface area (Å²) in [7, 11) is 0. The molecule has 1 fully saturated rings. The Balaban J connectivity index is 1.84. The highest BCUT2D eigenvalue weighted by atomic mass is 19.1. The van der Waals surface area contributed by atoms with Crippen molar-refractivity contribution in [3.63, 3.8) is 0 Å². The molecule has 1 amide bonds. The van der Waals surface area contributed by atoms with E-state index in [0.717, 1.165) is 12.8 Å². The molecule has 0 saturated heterocycles. The van der Waals surface area contributed by atoms with E-state index < -0.39 is 17.3 Å². The first-order valence-corrected chi connectivity index (χ1v) is 9.91. The van der Waals surface area contributed by atoms with Crippen molar-refractivity contribution in [3.8, 4) is 0 Å². The van der Waals surface area contributed by atoms with Crippen LogP contribution in [0.5, 0.6) is 0 Å². The van der Waals surface area contributed by atoms with Crippen molar-refractivity contribution in [2.45, 2.75) is 32.4 Å². The second-order valence-corrected chi connectivity index (χ2v) is 7.67. The zero-order chi connectivity index (χ0) is 21.4. The van der Waals surface area contributed by atoms with Crippen LogP contribution in [0, 0.1) is 24.5 Å². The average Bonchev–Trinajstić information content (AvgIpc) is 3.54. The highest BCUT2D eigenvalue weighted by Gasteiger charge is 2.34. The molecule has 0 spiro atoms. The third-order valence-electron chi connectivity index (χ3n) is 5.64. The minimum atomic E-state index is -0.673. The summed E-state index contributed by atoms with van der Waals surface area (Å²) in [4.78, 5) is 26.2. The maximum absolute atomic E-state index is 14.5. The number of rotatable bonds is 6. The van der Waals surface area contributed by atoms with Crippen LogP contribution in [0.3, 0.4) is 0 Å². The molecule has 2 aromatic carbocycles. The van der Waals surface area contributed by atoms with Gasteiger partial charge in [0.15, 0.2) is 0 Å². The number of fused-ring (bicyclic) bond motifs is 1. The molecule has 6 heteroatoms. The molecule has 1 heterocycles. The van der Waals surface area contributed by atoms with Crippen LogP contribution in [0.15, 0.2) is 59.9 Å². The lowest BCUT2D eigenvalue weighted by atomic mass is 9.99. The molecule has 4 rings (SSSR count). The van der Waals surface area contributed by atoms with Gasteiger partial charge < -0.3 is 9.88 Å². The van der Waals surface area contributed by atoms with Gasteiger partial charge in [0.25, 0.3) is 11.5 Å². The summed E-state index contributed by atoms with van der Waals surface area (Å²) in [6.07, 6.45) is 3.40. The molecule has 154 valence electrons. The maximum Gasteiger partial charge on any atom is 0.261 e. The topological polar surface area (TPSA) is 51.1 Å². The number of carbonyl (C=O) groups is 1. The Labute approximate surface area is 172 Å². The number of halogens is 2. The van der Waals surface area contributed by atoms with E-state index in [9.17, 15) is 18.4 Å². The van der Waals surface area contributed by atoms with Gasteiger partial charge in [-0.05, 0) is 49.4 Å². The third kappa shape index (κ3) is 3.54. The van der Waals surface area contributed by atoms with Crippen LogP contribution in [-0.4, -0.2) is 10.5 Å². The van der Waals surface area contributed by atoms with Gasteiger partial charge >= 0.3 is 0 Å². The minimum Gasteiger partial charge on any atom is -0.345 e. The molecule has 1 aromatic heterocycles. The highest BCUT2D eigenvalue weighted by Crippen LogP contribution is 2.41. The Morgan fingerprint density at radius 2 is 2.00 bits per heavy atom. The normalized spacial score (nSPS) is 14.5. The first-order valence-electron chi connectivity index (χ1n) is 9.91. The zero-order valence-corrected chi connectivity index (χ0v) is 16.6. The molecule has 1 saturated carbocycles. The quantitative estimate of drug-likeness (QED) is 0.604. The van der Waals surface area contributed by atoms with E-state index in [1.165, 1.54) is 34.9 Å². The van der Waals surface area contributed by atoms with Crippen molar-refractivity contribution in [3.05, 3.63) is 93.9 Å². The largest absolute Gasteiger partial charge is 0.345 e. The van der Waals surface area contributed by atoms with Crippen LogP contribution in [0.25, 0.3) is 10.8 Å². The van der Waals surface area contributed by atoms with Crippen molar-refractivity contribution >= 4 is 16.7 Å². The van der Waals surface area contributed by atoms with Crippen LogP contribution in [0.1, 0.15) is 40.5 Å². The van der Waals surface area contributed by atoms with E-state index in [0.29, 0.717) is 11.3 Å². The number of amides is 1. The molecule has 4 nitrogen and oxygen atoms in total. The van der Waals surface area contributed by atoms with E-state index in [4.69, 9.17) is 0 Å². The molecule has 0 radical (unpaired) electrons. The molecule has 0 unspecified atom stereocenters. The predicted molar refractivity (Wildman–Crippen MR) is 112 cm³/mol. The molecule has 1 aliphatic rings. The van der Waals surface area contributed by atoms with E-state index in [2.05, 4.69) is 11.9 Å². The lowest BCUT2D eigenvalue weighted by Gasteiger charge is -2.22. The second-order valence-electron chi connectivity index (χ2n) is 7.67. The van der Waals surface area contributed by atoms with Crippen LogP contribution >= 0.6 is 0 Å². The summed E-state index contributed by atoms with van der Waals surface area (Å²) < 4.78 is 29.7. The number of nitrogens with one attached hydrogen (secondary N) is 1. The van der Waals surface area contributed by atoms with Crippen molar-refractivity contribution < 1.29 is 13.6 Å². The molecule has 1 aliphatic carbocycles. The van der Waals surface area contributed by atoms with Crippen molar-refractivity contribution in [1.82, 2.24) is 9.88 Å². The summed E-state index contributed by atoms with van der Waals surface area (Å²) in [5, 5.41) is 3.16. The number of carbonyl (C=O) groups excluding carboxylic acids is 1. The van der Waals surface area contributed by atoms with Gasteiger partial charge in [-0.1, -0.05) is 30.3 Å². The molecular weight excluding hydrogens is 386 g/mol. The Morgan fingerprint density at radius 3 is 2.67 bits per heavy atom. The standard InChI is InChI=1S/C24H22F2N2O2/c1-3-12-28-14(2)20(18-8-5-9-19(26)21(18)24(28)30)23(29)27-22(15-10-11-15)16-6-4-7-17(25)13-16/h3-9,13,15,22H,1,10-12H2,2H3,(H,27,29)/t22-/m0/s1. The Hall–Kier alpha value is -3.28. The third-order valence-corrected chi connectivity index (χ3v) is 5.64. The number of aromatic nitrogens is 1. The van der Waals surface area contributed by atoms with Crippen molar-refractivity contribution in [2.24, 2.45) is 5.92 Å². The van der Waals surface area contributed by atoms with Crippen LogP contribution in [-0.2, 0) is 6.54 Å². The molecule has 0 bridgehead atoms. The van der Waals surface area contributed by atoms with Crippen LogP contribution in [0.2, 0.25) is 0 Å².